The normalized spacial score (nSPS) is 29.7. The van der Waals surface area contributed by atoms with Crippen LogP contribution in [-0.2, 0) is 80.7 Å². The van der Waals surface area contributed by atoms with E-state index in [1.54, 1.807) is 72.8 Å². The van der Waals surface area contributed by atoms with Gasteiger partial charge in [0.25, 0.3) is 0 Å². The number of benzene rings is 3. The number of esters is 1. The predicted octanol–water partition coefficient (Wildman–Crippen LogP) is 24.1. The van der Waals surface area contributed by atoms with E-state index >= 15 is 0 Å². The van der Waals surface area contributed by atoms with Crippen LogP contribution in [0.25, 0.3) is 0 Å². The van der Waals surface area contributed by atoms with Crippen molar-refractivity contribution in [1.82, 2.24) is 0 Å². The molecule has 0 aliphatic carbocycles. The summed E-state index contributed by atoms with van der Waals surface area (Å²) in [6, 6.07) is 26.4. The lowest BCUT2D eigenvalue weighted by Gasteiger charge is -2.38. The molecule has 3 aromatic carbocycles. The van der Waals surface area contributed by atoms with Crippen LogP contribution in [0.4, 0.5) is 0 Å². The Morgan fingerprint density at radius 3 is 0.930 bits per heavy atom. The molecule has 736 valence electrons. The van der Waals surface area contributed by atoms with Gasteiger partial charge in [-0.3, -0.25) is 4.79 Å². The van der Waals surface area contributed by atoms with E-state index in [0.29, 0.717) is 90.5 Å². The summed E-state index contributed by atoms with van der Waals surface area (Å²) in [4.78, 5) is 13.3. The van der Waals surface area contributed by atoms with Gasteiger partial charge in [0.05, 0.1) is 117 Å². The Balaban J connectivity index is 0.000000266. The van der Waals surface area contributed by atoms with Crippen LogP contribution in [0.1, 0.15) is 255 Å². The van der Waals surface area contributed by atoms with Crippen LogP contribution in [-0.4, -0.2) is 185 Å². The largest absolute Gasteiger partial charge is 0.465 e. The van der Waals surface area contributed by atoms with Gasteiger partial charge in [-0.25, -0.2) is 25.3 Å². The summed E-state index contributed by atoms with van der Waals surface area (Å²) in [6.45, 7) is 77.4. The second kappa shape index (κ2) is 48.2. The summed E-state index contributed by atoms with van der Waals surface area (Å²) in [5.74, 6) is 1.65. The Hall–Kier alpha value is -3.55. The molecule has 0 spiro atoms. The number of sulfone groups is 3. The average Bonchev–Trinajstić information content (AvgIpc) is 1.65. The third-order valence-corrected chi connectivity index (χ3v) is 49.7. The third-order valence-electron chi connectivity index (χ3n) is 30.8. The van der Waals surface area contributed by atoms with Crippen molar-refractivity contribution in [3.63, 3.8) is 0 Å². The monoisotopic (exact) mass is 1910 g/mol. The van der Waals surface area contributed by atoms with E-state index in [-0.39, 0.29) is 166 Å². The first-order valence-corrected chi connectivity index (χ1v) is 62.9. The van der Waals surface area contributed by atoms with E-state index in [1.165, 1.54) is 0 Å². The van der Waals surface area contributed by atoms with E-state index in [2.05, 4.69) is 191 Å². The molecule has 0 radical (unpaired) electrons. The predicted molar refractivity (Wildman–Crippen MR) is 534 cm³/mol. The fourth-order valence-corrected chi connectivity index (χ4v) is 27.2. The summed E-state index contributed by atoms with van der Waals surface area (Å²) in [7, 11) is -16.0. The van der Waals surface area contributed by atoms with Crippen LogP contribution >= 0.6 is 0 Å². The van der Waals surface area contributed by atoms with Gasteiger partial charge in [0.1, 0.15) is 0 Å². The minimum absolute atomic E-state index is 0.0147. The Morgan fingerprint density at radius 1 is 0.419 bits per heavy atom. The lowest BCUT2D eigenvalue weighted by atomic mass is 9.81. The van der Waals surface area contributed by atoms with Gasteiger partial charge in [-0.05, 0) is 252 Å². The van der Waals surface area contributed by atoms with Gasteiger partial charge < -0.3 is 51.5 Å². The number of hydrogen-bond donors (Lipinski definition) is 1. The zero-order valence-electron chi connectivity index (χ0n) is 85.2. The van der Waals surface area contributed by atoms with Gasteiger partial charge in [-0.15, -0.1) is 0 Å². The Morgan fingerprint density at radius 2 is 0.682 bits per heavy atom. The molecule has 3 aromatic rings. The molecular weight excluding hydrogens is 1730 g/mol. The van der Waals surface area contributed by atoms with E-state index < -0.39 is 59.9 Å². The Labute approximate surface area is 788 Å². The quantitative estimate of drug-likeness (QED) is 0.0241. The Bertz CT molecular complexity index is 4130. The molecule has 6 saturated heterocycles. The topological polar surface area (TPSA) is 232 Å². The molecule has 1 N–H and O–H groups in total. The van der Waals surface area contributed by atoms with Crippen molar-refractivity contribution in [2.75, 3.05) is 50.3 Å². The van der Waals surface area contributed by atoms with Crippen molar-refractivity contribution in [2.45, 2.75) is 397 Å². The van der Waals surface area contributed by atoms with Crippen LogP contribution in [0.5, 0.6) is 0 Å². The lowest BCUT2D eigenvalue weighted by molar-refractivity contribution is -0.153. The molecule has 0 saturated carbocycles. The van der Waals surface area contributed by atoms with E-state index in [1.807, 2.05) is 39.0 Å². The highest BCUT2D eigenvalue weighted by molar-refractivity contribution is 7.92. The highest BCUT2D eigenvalue weighted by Gasteiger charge is 2.52. The molecule has 0 bridgehead atoms. The molecule has 6 aliphatic rings. The number of aliphatic hydroxyl groups excluding tert-OH is 1. The van der Waals surface area contributed by atoms with Crippen LogP contribution < -0.4 is 0 Å². The highest BCUT2D eigenvalue weighted by atomic mass is 32.2. The molecule has 24 heteroatoms. The van der Waals surface area contributed by atoms with Gasteiger partial charge in [-0.2, -0.15) is 0 Å². The number of carbonyl (C=O) groups is 1. The highest BCUT2D eigenvalue weighted by Crippen LogP contribution is 2.49. The molecule has 24 atom stereocenters. The molecular formula is C105H178O18S3Si3. The van der Waals surface area contributed by atoms with Crippen LogP contribution in [0.15, 0.2) is 142 Å². The minimum atomic E-state index is -3.52. The molecule has 6 aliphatic heterocycles. The van der Waals surface area contributed by atoms with Crippen molar-refractivity contribution in [3.8, 4) is 0 Å². The number of carbonyl (C=O) groups excluding carboxylic acids is 1. The molecule has 6 heterocycles. The fourth-order valence-electron chi connectivity index (χ4n) is 18.5. The summed E-state index contributed by atoms with van der Waals surface area (Å²) in [6.07, 6.45) is 12.5. The maximum Gasteiger partial charge on any atom is 0.311 e. The van der Waals surface area contributed by atoms with Gasteiger partial charge in [0.2, 0.25) is 0 Å². The maximum atomic E-state index is 13.7. The van der Waals surface area contributed by atoms with Crippen molar-refractivity contribution in [2.24, 2.45) is 76.4 Å². The van der Waals surface area contributed by atoms with Crippen molar-refractivity contribution < 1.29 is 81.6 Å². The molecule has 6 fully saturated rings. The first-order chi connectivity index (χ1) is 59.7. The zero-order valence-corrected chi connectivity index (χ0v) is 90.7. The zero-order chi connectivity index (χ0) is 96.5. The molecule has 0 aromatic heterocycles. The molecule has 9 rings (SSSR count). The fraction of sp³-hybridized carbons (Fsp3) is 0.762. The third kappa shape index (κ3) is 32.5. The summed E-state index contributed by atoms with van der Waals surface area (Å²) in [5, 5.41) is 9.80. The lowest BCUT2D eigenvalue weighted by Crippen LogP contribution is -2.42. The first-order valence-electron chi connectivity index (χ1n) is 49.2. The van der Waals surface area contributed by atoms with Gasteiger partial charge >= 0.3 is 5.97 Å². The Kier molecular flexibility index (Phi) is 42.0. The second-order valence-corrected chi connectivity index (χ2v) is 66.4. The van der Waals surface area contributed by atoms with Crippen LogP contribution in [0.3, 0.4) is 0 Å². The maximum absolute atomic E-state index is 13.7. The number of hydrogen-bond acceptors (Lipinski definition) is 18. The second-order valence-electron chi connectivity index (χ2n) is 45.8. The molecule has 0 amide bonds. The number of ether oxygens (including phenoxy) is 7. The molecule has 3 unspecified atom stereocenters. The van der Waals surface area contributed by atoms with Crippen molar-refractivity contribution in [3.05, 3.63) is 127 Å². The SMILES string of the molecule is C=C1[C@H](C)C[C@H](CCCC)O[C@@H]1CC1O[C@H](C[C@H](C)CO[Si](C)(C)C(C)(C)C)[C@H](C)[C@H]1CS(=O)(=O)c1ccccc1.C=C1[C@H](C)C[C@H](CCCO)O[C@@H]1CC1O[C@H](C[C@H](C)CO[Si](C)(C)C(C)(C)C)[C@H](C)[C@H]1CS(=O)(=O)c1ccccc1.C=C1[C@H](C)C[C@H](CCCOC(=O)C(C)(C)C)O[C@@H]1CC1O[C@H](C[C@H](C)CO[Si](C)(C)C(C)(C)C)[C@H](C)[C@H]1CS(=O)(=O)c1ccccc1. The molecule has 18 nitrogen and oxygen atoms in total. The number of rotatable bonds is 40. The van der Waals surface area contributed by atoms with E-state index in [0.717, 1.165) is 93.8 Å². The van der Waals surface area contributed by atoms with Crippen LogP contribution in [0, 0.1) is 76.4 Å². The number of aliphatic hydroxyl groups is 1. The van der Waals surface area contributed by atoms with Gasteiger partial charge in [-0.1, -0.05) is 219 Å². The van der Waals surface area contributed by atoms with Gasteiger partial charge in [0.15, 0.2) is 54.5 Å². The van der Waals surface area contributed by atoms with Crippen molar-refractivity contribution >= 4 is 60.4 Å². The summed E-state index contributed by atoms with van der Waals surface area (Å²) >= 11 is 0. The van der Waals surface area contributed by atoms with E-state index in [4.69, 9.17) is 46.4 Å². The summed E-state index contributed by atoms with van der Waals surface area (Å²) < 4.78 is 147. The number of unbranched alkanes of at least 4 members (excludes halogenated alkanes) is 1. The van der Waals surface area contributed by atoms with Crippen molar-refractivity contribution in [1.29, 1.82) is 0 Å². The molecule has 129 heavy (non-hydrogen) atoms. The van der Waals surface area contributed by atoms with E-state index in [9.17, 15) is 35.2 Å². The minimum Gasteiger partial charge on any atom is -0.465 e. The first kappa shape index (κ1) is 112. The van der Waals surface area contributed by atoms with Crippen LogP contribution in [0.2, 0.25) is 54.4 Å². The smallest absolute Gasteiger partial charge is 0.311 e. The van der Waals surface area contributed by atoms with Gasteiger partial charge in [0, 0.05) is 63.4 Å². The standard InChI is InChI=1S/C38H64O7SSi.C34H58O5SSi.C33H56O6SSi/c1-26(24-43-47(11,12)38(8,9)10)21-33-29(4)32(25-46(40,41)31-18-14-13-15-19-31)35(45-33)23-34-28(3)27(2)22-30(44-34)17-16-20-42-36(39)37(5,6)7;1-11-12-16-28-20-25(3)26(4)32(38-28)21-33-30(23-40(35,36)29-17-14-13-15-18-29)27(5)31(39-33)19-24(2)22-37-41(9,10)34(6,7)8;1-23(21-37-41(8,9)33(5,6)7)18-30-26(4)29(22-40(35,36)28-15-11-10-12-16-28)32(39-30)20-31-25(3)24(2)19-27(38-31)14-13-17-34/h13-15,18-19,26-27,29-30,32-35H,3,16-17,20-25H2,1-2,4-12H3;13-15,17-18,24-25,27-28,30-33H,4,11-12,16,19-23H2,1-3,5-10H3;10-12,15-16,23-24,26-27,29-32,34H,3,13-14,17-22H2,1-2,4-9H3/t26-,27+,29+,30-,32+,33+,34+,35?;24-,25+,27+,28-,30+,31+,32+,33?;23-,24+,26+,27-,29+,30+,31+,32?/m000/s1. The summed E-state index contributed by atoms with van der Waals surface area (Å²) in [5.41, 5.74) is 2.71. The average molecular weight is 1910 g/mol.